The Kier molecular flexibility index (Phi) is 7.78. The topological polar surface area (TPSA) is 47.9 Å². The van der Waals surface area contributed by atoms with E-state index in [-0.39, 0.29) is 11.5 Å². The quantitative estimate of drug-likeness (QED) is 0.535. The van der Waals surface area contributed by atoms with Crippen LogP contribution in [0.5, 0.6) is 0 Å². The molecule has 4 rings (SSSR count). The van der Waals surface area contributed by atoms with Crippen molar-refractivity contribution in [3.8, 4) is 0 Å². The molecular formula is C26H28O4S. The van der Waals surface area contributed by atoms with Crippen molar-refractivity contribution >= 4 is 11.8 Å². The van der Waals surface area contributed by atoms with E-state index >= 15 is 0 Å². The highest BCUT2D eigenvalue weighted by molar-refractivity contribution is 7.99. The molecule has 0 aliphatic carbocycles. The van der Waals surface area contributed by atoms with Crippen LogP contribution in [-0.4, -0.2) is 35.0 Å². The van der Waals surface area contributed by atoms with Crippen molar-refractivity contribution in [3.05, 3.63) is 102 Å². The summed E-state index contributed by atoms with van der Waals surface area (Å²) in [6.07, 6.45) is -2.08. The van der Waals surface area contributed by atoms with Crippen molar-refractivity contribution < 1.29 is 19.3 Å². The smallest absolute Gasteiger partial charge is 0.136 e. The average molecular weight is 437 g/mol. The number of thioether (sulfide) groups is 1. The summed E-state index contributed by atoms with van der Waals surface area (Å²) in [5, 5.41) is 10.9. The molecule has 0 saturated carbocycles. The van der Waals surface area contributed by atoms with Gasteiger partial charge in [0, 0.05) is 4.90 Å². The van der Waals surface area contributed by atoms with E-state index in [0.717, 1.165) is 16.0 Å². The maximum atomic E-state index is 10.9. The molecule has 4 nitrogen and oxygen atoms in total. The standard InChI is InChI=1S/C26H28O4S/c1-19-23(27)24(28-17-20-11-5-2-6-12-20)25(29-18-21-13-7-3-8-14-21)26(30-19)31-22-15-9-4-10-16-22/h2-16,19,23-27H,17-18H2,1H3/t19?,23-,24?,25?,26-/m0/s1. The molecule has 5 heteroatoms. The Morgan fingerprint density at radius 1 is 0.742 bits per heavy atom. The minimum Gasteiger partial charge on any atom is -0.388 e. The zero-order valence-corrected chi connectivity index (χ0v) is 18.4. The Morgan fingerprint density at radius 3 is 1.77 bits per heavy atom. The first kappa shape index (κ1) is 22.1. The number of ether oxygens (including phenoxy) is 3. The van der Waals surface area contributed by atoms with E-state index in [9.17, 15) is 5.11 Å². The highest BCUT2D eigenvalue weighted by Crippen LogP contribution is 2.36. The lowest BCUT2D eigenvalue weighted by Crippen LogP contribution is -2.57. The van der Waals surface area contributed by atoms with Crippen LogP contribution in [0.4, 0.5) is 0 Å². The maximum absolute atomic E-state index is 10.9. The highest BCUT2D eigenvalue weighted by atomic mass is 32.2. The molecule has 0 radical (unpaired) electrons. The SMILES string of the molecule is CC1O[C@@H](Sc2ccccc2)C(OCc2ccccc2)C(OCc2ccccc2)[C@H]1O. The van der Waals surface area contributed by atoms with Gasteiger partial charge in [0.1, 0.15) is 23.7 Å². The zero-order chi connectivity index (χ0) is 21.5. The summed E-state index contributed by atoms with van der Waals surface area (Å²) in [5.74, 6) is 0. The van der Waals surface area contributed by atoms with Crippen LogP contribution in [0, 0.1) is 0 Å². The van der Waals surface area contributed by atoms with Crippen molar-refractivity contribution in [3.63, 3.8) is 0 Å². The Bertz CT molecular complexity index is 906. The van der Waals surface area contributed by atoms with E-state index in [2.05, 4.69) is 12.1 Å². The predicted molar refractivity (Wildman–Crippen MR) is 123 cm³/mol. The van der Waals surface area contributed by atoms with Crippen molar-refractivity contribution in [1.82, 2.24) is 0 Å². The van der Waals surface area contributed by atoms with Gasteiger partial charge >= 0.3 is 0 Å². The summed E-state index contributed by atoms with van der Waals surface area (Å²) in [6, 6.07) is 30.1. The average Bonchev–Trinajstić information content (AvgIpc) is 2.81. The fourth-order valence-corrected chi connectivity index (χ4v) is 4.79. The van der Waals surface area contributed by atoms with Gasteiger partial charge in [0.15, 0.2) is 0 Å². The van der Waals surface area contributed by atoms with Crippen LogP contribution in [0.2, 0.25) is 0 Å². The third-order valence-corrected chi connectivity index (χ3v) is 6.48. The molecule has 1 saturated heterocycles. The molecule has 3 aromatic rings. The van der Waals surface area contributed by atoms with Crippen LogP contribution in [0.3, 0.4) is 0 Å². The molecule has 5 atom stereocenters. The van der Waals surface area contributed by atoms with E-state index < -0.39 is 18.3 Å². The minimum atomic E-state index is -0.780. The molecule has 0 amide bonds. The molecule has 0 spiro atoms. The summed E-state index contributed by atoms with van der Waals surface area (Å²) in [5.41, 5.74) is 1.83. The molecular weight excluding hydrogens is 408 g/mol. The molecule has 1 fully saturated rings. The Morgan fingerprint density at radius 2 is 1.23 bits per heavy atom. The molecule has 1 heterocycles. The number of hydrogen-bond donors (Lipinski definition) is 1. The van der Waals surface area contributed by atoms with Gasteiger partial charge in [0.2, 0.25) is 0 Å². The molecule has 3 unspecified atom stereocenters. The van der Waals surface area contributed by atoms with E-state index in [0.29, 0.717) is 13.2 Å². The van der Waals surface area contributed by atoms with E-state index in [1.54, 1.807) is 11.8 Å². The van der Waals surface area contributed by atoms with E-state index in [1.807, 2.05) is 85.8 Å². The fourth-order valence-electron chi connectivity index (χ4n) is 3.61. The second-order valence-electron chi connectivity index (χ2n) is 7.65. The van der Waals surface area contributed by atoms with Gasteiger partial charge in [-0.1, -0.05) is 90.6 Å². The fraction of sp³-hybridized carbons (Fsp3) is 0.308. The maximum Gasteiger partial charge on any atom is 0.136 e. The van der Waals surface area contributed by atoms with Crippen LogP contribution < -0.4 is 0 Å². The first-order valence-corrected chi connectivity index (χ1v) is 11.4. The van der Waals surface area contributed by atoms with Gasteiger partial charge in [-0.05, 0) is 30.2 Å². The summed E-state index contributed by atoms with van der Waals surface area (Å²) in [6.45, 7) is 2.71. The third kappa shape index (κ3) is 5.97. The Labute approximate surface area is 188 Å². The Balaban J connectivity index is 1.54. The number of aliphatic hydroxyl groups is 1. The summed E-state index contributed by atoms with van der Waals surface area (Å²) in [4.78, 5) is 1.09. The first-order valence-electron chi connectivity index (χ1n) is 10.6. The minimum absolute atomic E-state index is 0.301. The van der Waals surface area contributed by atoms with Crippen molar-refractivity contribution in [2.75, 3.05) is 0 Å². The normalized spacial score (nSPS) is 25.9. The number of aliphatic hydroxyl groups excluding tert-OH is 1. The van der Waals surface area contributed by atoms with Gasteiger partial charge < -0.3 is 19.3 Å². The van der Waals surface area contributed by atoms with Gasteiger partial charge in [-0.15, -0.1) is 0 Å². The van der Waals surface area contributed by atoms with Crippen LogP contribution in [0.25, 0.3) is 0 Å². The second kappa shape index (κ2) is 10.9. The van der Waals surface area contributed by atoms with Crippen LogP contribution in [0.1, 0.15) is 18.1 Å². The second-order valence-corrected chi connectivity index (χ2v) is 8.83. The van der Waals surface area contributed by atoms with Gasteiger partial charge in [0.25, 0.3) is 0 Å². The summed E-state index contributed by atoms with van der Waals surface area (Å²) in [7, 11) is 0. The Hall–Kier alpha value is -2.15. The van der Waals surface area contributed by atoms with Crippen molar-refractivity contribution in [1.29, 1.82) is 0 Å². The molecule has 162 valence electrons. The van der Waals surface area contributed by atoms with Crippen LogP contribution in [-0.2, 0) is 27.4 Å². The molecule has 0 aromatic heterocycles. The van der Waals surface area contributed by atoms with Crippen LogP contribution >= 0.6 is 11.8 Å². The lowest BCUT2D eigenvalue weighted by molar-refractivity contribution is -0.228. The van der Waals surface area contributed by atoms with Gasteiger partial charge in [-0.2, -0.15) is 0 Å². The monoisotopic (exact) mass is 436 g/mol. The summed E-state index contributed by atoms with van der Waals surface area (Å²) < 4.78 is 18.8. The van der Waals surface area contributed by atoms with Crippen molar-refractivity contribution in [2.24, 2.45) is 0 Å². The van der Waals surface area contributed by atoms with Gasteiger partial charge in [-0.3, -0.25) is 0 Å². The van der Waals surface area contributed by atoms with E-state index in [4.69, 9.17) is 14.2 Å². The number of benzene rings is 3. The molecule has 1 aliphatic heterocycles. The van der Waals surface area contributed by atoms with Gasteiger partial charge in [0.05, 0.1) is 19.3 Å². The predicted octanol–water partition coefficient (Wildman–Crippen LogP) is 5.06. The first-order chi connectivity index (χ1) is 15.2. The largest absolute Gasteiger partial charge is 0.388 e. The molecule has 1 N–H and O–H groups in total. The van der Waals surface area contributed by atoms with Crippen LogP contribution in [0.15, 0.2) is 95.9 Å². The number of rotatable bonds is 8. The summed E-state index contributed by atoms with van der Waals surface area (Å²) >= 11 is 1.60. The lowest BCUT2D eigenvalue weighted by Gasteiger charge is -2.43. The highest BCUT2D eigenvalue weighted by Gasteiger charge is 2.45. The molecule has 3 aromatic carbocycles. The van der Waals surface area contributed by atoms with Gasteiger partial charge in [-0.25, -0.2) is 0 Å². The lowest BCUT2D eigenvalue weighted by atomic mass is 10.00. The number of hydrogen-bond acceptors (Lipinski definition) is 5. The molecule has 1 aliphatic rings. The molecule has 0 bridgehead atoms. The third-order valence-electron chi connectivity index (χ3n) is 5.32. The zero-order valence-electron chi connectivity index (χ0n) is 17.5. The van der Waals surface area contributed by atoms with E-state index in [1.165, 1.54) is 0 Å². The van der Waals surface area contributed by atoms with Crippen molar-refractivity contribution in [2.45, 2.75) is 54.9 Å². The molecule has 31 heavy (non-hydrogen) atoms.